The van der Waals surface area contributed by atoms with Gasteiger partial charge in [0.15, 0.2) is 5.96 Å². The number of hydrogen-bond donors (Lipinski definition) is 2. The first kappa shape index (κ1) is 22.1. The van der Waals surface area contributed by atoms with Crippen molar-refractivity contribution in [1.82, 2.24) is 20.5 Å². The molecule has 0 saturated carbocycles. The first-order valence-electron chi connectivity index (χ1n) is 10.5. The lowest BCUT2D eigenvalue weighted by molar-refractivity contribution is 0.176. The molecule has 3 rings (SSSR count). The van der Waals surface area contributed by atoms with E-state index in [1.807, 2.05) is 25.2 Å². The molecule has 1 fully saturated rings. The average Bonchev–Trinajstić information content (AvgIpc) is 3.19. The van der Waals surface area contributed by atoms with Gasteiger partial charge in [-0.1, -0.05) is 30.7 Å². The van der Waals surface area contributed by atoms with Crippen LogP contribution in [0.25, 0.3) is 0 Å². The Labute approximate surface area is 183 Å². The van der Waals surface area contributed by atoms with Crippen molar-refractivity contribution in [2.45, 2.75) is 39.2 Å². The first-order valence-corrected chi connectivity index (χ1v) is 11.8. The van der Waals surface area contributed by atoms with Gasteiger partial charge in [0.1, 0.15) is 0 Å². The van der Waals surface area contributed by atoms with Crippen LogP contribution in [0, 0.1) is 5.92 Å². The van der Waals surface area contributed by atoms with Crippen LogP contribution in [0.5, 0.6) is 0 Å². The molecule has 1 aliphatic heterocycles. The van der Waals surface area contributed by atoms with Crippen LogP contribution >= 0.6 is 22.9 Å². The molecule has 1 aromatic heterocycles. The van der Waals surface area contributed by atoms with Gasteiger partial charge in [-0.05, 0) is 62.4 Å². The summed E-state index contributed by atoms with van der Waals surface area (Å²) >= 11 is 7.83. The highest BCUT2D eigenvalue weighted by atomic mass is 35.5. The van der Waals surface area contributed by atoms with Gasteiger partial charge in [0.25, 0.3) is 0 Å². The molecule has 29 heavy (non-hydrogen) atoms. The molecule has 0 unspecified atom stereocenters. The van der Waals surface area contributed by atoms with E-state index in [1.165, 1.54) is 29.1 Å². The van der Waals surface area contributed by atoms with Gasteiger partial charge in [-0.15, -0.1) is 11.3 Å². The maximum absolute atomic E-state index is 6.05. The fourth-order valence-corrected chi connectivity index (χ4v) is 4.59. The average molecular weight is 434 g/mol. The number of hydrogen-bond acceptors (Lipinski definition) is 4. The highest BCUT2D eigenvalue weighted by Gasteiger charge is 2.20. The molecule has 1 aliphatic rings. The Bertz CT molecular complexity index is 783. The third kappa shape index (κ3) is 7.28. The number of halogens is 1. The van der Waals surface area contributed by atoms with E-state index >= 15 is 0 Å². The predicted molar refractivity (Wildman–Crippen MR) is 124 cm³/mol. The van der Waals surface area contributed by atoms with Crippen molar-refractivity contribution in [3.63, 3.8) is 0 Å². The van der Waals surface area contributed by atoms with Gasteiger partial charge in [-0.25, -0.2) is 4.98 Å². The van der Waals surface area contributed by atoms with Crippen LogP contribution < -0.4 is 10.6 Å². The number of nitrogens with zero attached hydrogens (tertiary/aromatic N) is 3. The molecule has 1 aromatic carbocycles. The van der Waals surface area contributed by atoms with E-state index in [1.54, 1.807) is 11.3 Å². The molecule has 0 bridgehead atoms. The van der Waals surface area contributed by atoms with Crippen molar-refractivity contribution in [2.24, 2.45) is 10.9 Å². The molecule has 7 heteroatoms. The van der Waals surface area contributed by atoms with Gasteiger partial charge in [0, 0.05) is 37.1 Å². The SMILES string of the molecule is CCc1nc(CN2CCC(CNC(=NC)NCCc3cccc(Cl)c3)CC2)cs1. The van der Waals surface area contributed by atoms with Crippen LogP contribution in [0.1, 0.15) is 36.0 Å². The van der Waals surface area contributed by atoms with Gasteiger partial charge >= 0.3 is 0 Å². The summed E-state index contributed by atoms with van der Waals surface area (Å²) in [7, 11) is 1.83. The molecule has 0 spiro atoms. The van der Waals surface area contributed by atoms with Crippen LogP contribution in [0.2, 0.25) is 5.02 Å². The summed E-state index contributed by atoms with van der Waals surface area (Å²) in [5, 5.41) is 11.1. The van der Waals surface area contributed by atoms with E-state index < -0.39 is 0 Å². The van der Waals surface area contributed by atoms with E-state index in [9.17, 15) is 0 Å². The molecule has 0 radical (unpaired) electrons. The number of thiazole rings is 1. The zero-order chi connectivity index (χ0) is 20.5. The van der Waals surface area contributed by atoms with Gasteiger partial charge in [-0.2, -0.15) is 0 Å². The van der Waals surface area contributed by atoms with E-state index in [0.29, 0.717) is 5.92 Å². The van der Waals surface area contributed by atoms with Crippen LogP contribution in [0.4, 0.5) is 0 Å². The maximum Gasteiger partial charge on any atom is 0.190 e. The van der Waals surface area contributed by atoms with Crippen LogP contribution in [-0.4, -0.2) is 49.1 Å². The summed E-state index contributed by atoms with van der Waals surface area (Å²) < 4.78 is 0. The van der Waals surface area contributed by atoms with Crippen LogP contribution in [0.3, 0.4) is 0 Å². The number of likely N-dealkylation sites (tertiary alicyclic amines) is 1. The largest absolute Gasteiger partial charge is 0.356 e. The fraction of sp³-hybridized carbons (Fsp3) is 0.545. The standard InChI is InChI=1S/C22H32ClN5S/c1-3-21-27-20(16-29-21)15-28-11-8-18(9-12-28)14-26-22(24-2)25-10-7-17-5-4-6-19(23)13-17/h4-6,13,16,18H,3,7-12,14-15H2,1-2H3,(H2,24,25,26). The summed E-state index contributed by atoms with van der Waals surface area (Å²) in [5.41, 5.74) is 2.46. The number of aryl methyl sites for hydroxylation is 1. The van der Waals surface area contributed by atoms with Crippen molar-refractivity contribution in [2.75, 3.05) is 33.2 Å². The Balaban J connectivity index is 1.33. The number of aliphatic imine (C=N–C) groups is 1. The molecule has 158 valence electrons. The molecule has 5 nitrogen and oxygen atoms in total. The molecule has 0 amide bonds. The first-order chi connectivity index (χ1) is 14.2. The molecular formula is C22H32ClN5S. The van der Waals surface area contributed by atoms with Gasteiger partial charge in [0.2, 0.25) is 0 Å². The minimum Gasteiger partial charge on any atom is -0.356 e. The van der Waals surface area contributed by atoms with Crippen LogP contribution in [0.15, 0.2) is 34.6 Å². The van der Waals surface area contributed by atoms with Gasteiger partial charge < -0.3 is 10.6 Å². The number of guanidine groups is 1. The Hall–Kier alpha value is -1.63. The van der Waals surface area contributed by atoms with Crippen molar-refractivity contribution in [1.29, 1.82) is 0 Å². The van der Waals surface area contributed by atoms with E-state index in [4.69, 9.17) is 16.6 Å². The minimum absolute atomic E-state index is 0.694. The Morgan fingerprint density at radius 2 is 2.14 bits per heavy atom. The molecular weight excluding hydrogens is 402 g/mol. The fourth-order valence-electron chi connectivity index (χ4n) is 3.64. The highest BCUT2D eigenvalue weighted by Crippen LogP contribution is 2.19. The zero-order valence-electron chi connectivity index (χ0n) is 17.5. The highest BCUT2D eigenvalue weighted by molar-refractivity contribution is 7.09. The second kappa shape index (κ2) is 11.5. The number of piperidine rings is 1. The Morgan fingerprint density at radius 1 is 1.31 bits per heavy atom. The van der Waals surface area contributed by atoms with Crippen molar-refractivity contribution >= 4 is 28.9 Å². The topological polar surface area (TPSA) is 52.6 Å². The van der Waals surface area contributed by atoms with E-state index in [-0.39, 0.29) is 0 Å². The smallest absolute Gasteiger partial charge is 0.190 e. The summed E-state index contributed by atoms with van der Waals surface area (Å²) in [5.74, 6) is 1.57. The number of nitrogens with one attached hydrogen (secondary N) is 2. The monoisotopic (exact) mass is 433 g/mol. The number of benzene rings is 1. The lowest BCUT2D eigenvalue weighted by atomic mass is 9.97. The molecule has 0 atom stereocenters. The molecule has 2 heterocycles. The maximum atomic E-state index is 6.05. The van der Waals surface area contributed by atoms with Crippen LogP contribution in [-0.2, 0) is 19.4 Å². The summed E-state index contributed by atoms with van der Waals surface area (Å²) in [6.07, 6.45) is 4.40. The second-order valence-corrected chi connectivity index (χ2v) is 8.94. The minimum atomic E-state index is 0.694. The van der Waals surface area contributed by atoms with E-state index in [0.717, 1.165) is 56.5 Å². The molecule has 0 aliphatic carbocycles. The normalized spacial score (nSPS) is 16.2. The molecule has 1 saturated heterocycles. The van der Waals surface area contributed by atoms with Crippen molar-refractivity contribution < 1.29 is 0 Å². The number of rotatable bonds is 8. The Morgan fingerprint density at radius 3 is 2.83 bits per heavy atom. The third-order valence-corrected chi connectivity index (χ3v) is 6.65. The van der Waals surface area contributed by atoms with Gasteiger partial charge in [-0.3, -0.25) is 9.89 Å². The second-order valence-electron chi connectivity index (χ2n) is 7.57. The van der Waals surface area contributed by atoms with Crippen molar-refractivity contribution in [3.05, 3.63) is 50.9 Å². The third-order valence-electron chi connectivity index (χ3n) is 5.37. The lowest BCUT2D eigenvalue weighted by Crippen LogP contribution is -2.43. The lowest BCUT2D eigenvalue weighted by Gasteiger charge is -2.31. The summed E-state index contributed by atoms with van der Waals surface area (Å²) in [4.78, 5) is 11.6. The zero-order valence-corrected chi connectivity index (χ0v) is 19.0. The predicted octanol–water partition coefficient (Wildman–Crippen LogP) is 3.98. The van der Waals surface area contributed by atoms with Crippen molar-refractivity contribution in [3.8, 4) is 0 Å². The summed E-state index contributed by atoms with van der Waals surface area (Å²) in [6, 6.07) is 8.02. The molecule has 2 N–H and O–H groups in total. The summed E-state index contributed by atoms with van der Waals surface area (Å²) in [6.45, 7) is 7.26. The number of aromatic nitrogens is 1. The quantitative estimate of drug-likeness (QED) is 0.488. The van der Waals surface area contributed by atoms with E-state index in [2.05, 4.69) is 38.9 Å². The Kier molecular flexibility index (Phi) is 8.77. The van der Waals surface area contributed by atoms with Gasteiger partial charge in [0.05, 0.1) is 10.7 Å². The molecule has 2 aromatic rings.